The molecule has 3 amide bonds. The molecule has 0 aliphatic rings. The maximum Gasteiger partial charge on any atom is 0.416 e. The number of benzene rings is 2. The van der Waals surface area contributed by atoms with Crippen molar-refractivity contribution in [2.45, 2.75) is 12.6 Å². The number of alkyl halides is 3. The van der Waals surface area contributed by atoms with Gasteiger partial charge in [-0.2, -0.15) is 13.2 Å². The first-order chi connectivity index (χ1) is 12.2. The van der Waals surface area contributed by atoms with Crippen LogP contribution >= 0.6 is 12.8 Å². The van der Waals surface area contributed by atoms with Gasteiger partial charge in [0.05, 0.1) is 11.3 Å². The standard InChI is InChI=1S/C17H16F3N3O2S/c18-17(19,20)13-5-1-11(2-6-13)9-10-22-16(25)23(26)14-7-3-12(4-8-14)15(21)24/h1-8,26H,9-10H2,(H2,21,24)(H,22,25). The molecule has 0 spiro atoms. The van der Waals surface area contributed by atoms with E-state index in [0.717, 1.165) is 16.4 Å². The van der Waals surface area contributed by atoms with Crippen molar-refractivity contribution in [3.05, 3.63) is 65.2 Å². The van der Waals surface area contributed by atoms with E-state index in [4.69, 9.17) is 5.73 Å². The maximum absolute atomic E-state index is 12.5. The number of nitrogens with one attached hydrogen (secondary N) is 1. The van der Waals surface area contributed by atoms with Crippen LogP contribution in [0.4, 0.5) is 23.7 Å². The van der Waals surface area contributed by atoms with Crippen molar-refractivity contribution in [1.29, 1.82) is 0 Å². The van der Waals surface area contributed by atoms with Crippen LogP contribution in [0.5, 0.6) is 0 Å². The summed E-state index contributed by atoms with van der Waals surface area (Å²) in [6.45, 7) is 0.223. The first-order valence-electron chi connectivity index (χ1n) is 7.51. The molecule has 0 radical (unpaired) electrons. The van der Waals surface area contributed by atoms with Crippen LogP contribution in [0.2, 0.25) is 0 Å². The predicted octanol–water partition coefficient (Wildman–Crippen LogP) is 3.41. The van der Waals surface area contributed by atoms with Crippen molar-refractivity contribution in [2.75, 3.05) is 10.8 Å². The molecule has 0 aliphatic carbocycles. The number of hydrogen-bond donors (Lipinski definition) is 3. The minimum atomic E-state index is -4.37. The van der Waals surface area contributed by atoms with Crippen molar-refractivity contribution >= 4 is 30.4 Å². The molecule has 3 N–H and O–H groups in total. The summed E-state index contributed by atoms with van der Waals surface area (Å²) in [6, 6.07) is 10.2. The molecule has 9 heteroatoms. The lowest BCUT2D eigenvalue weighted by atomic mass is 10.1. The zero-order valence-electron chi connectivity index (χ0n) is 13.5. The highest BCUT2D eigenvalue weighted by atomic mass is 32.1. The first-order valence-corrected chi connectivity index (χ1v) is 7.91. The summed E-state index contributed by atoms with van der Waals surface area (Å²) < 4.78 is 38.6. The van der Waals surface area contributed by atoms with Gasteiger partial charge in [0.15, 0.2) is 0 Å². The Morgan fingerprint density at radius 3 is 2.12 bits per heavy atom. The Morgan fingerprint density at radius 1 is 1.04 bits per heavy atom. The highest BCUT2D eigenvalue weighted by Gasteiger charge is 2.29. The number of amides is 3. The number of halogens is 3. The van der Waals surface area contributed by atoms with E-state index >= 15 is 0 Å². The zero-order chi connectivity index (χ0) is 19.3. The lowest BCUT2D eigenvalue weighted by Gasteiger charge is -2.17. The minimum absolute atomic E-state index is 0.223. The first kappa shape index (κ1) is 19.6. The van der Waals surface area contributed by atoms with Crippen LogP contribution in [-0.4, -0.2) is 18.5 Å². The molecule has 0 bridgehead atoms. The molecule has 0 saturated carbocycles. The van der Waals surface area contributed by atoms with E-state index in [1.807, 2.05) is 0 Å². The van der Waals surface area contributed by atoms with Crippen LogP contribution in [0.15, 0.2) is 48.5 Å². The third-order valence-corrected chi connectivity index (χ3v) is 3.97. The van der Waals surface area contributed by atoms with Gasteiger partial charge in [-0.3, -0.25) is 4.79 Å². The van der Waals surface area contributed by atoms with Gasteiger partial charge >= 0.3 is 12.2 Å². The van der Waals surface area contributed by atoms with Crippen molar-refractivity contribution in [2.24, 2.45) is 5.73 Å². The number of rotatable bonds is 5. The Morgan fingerprint density at radius 2 is 1.62 bits per heavy atom. The minimum Gasteiger partial charge on any atom is -0.366 e. The second-order valence-electron chi connectivity index (χ2n) is 5.40. The van der Waals surface area contributed by atoms with Crippen molar-refractivity contribution in [1.82, 2.24) is 5.32 Å². The zero-order valence-corrected chi connectivity index (χ0v) is 14.3. The van der Waals surface area contributed by atoms with Gasteiger partial charge in [-0.1, -0.05) is 24.9 Å². The summed E-state index contributed by atoms with van der Waals surface area (Å²) in [5.74, 6) is -0.580. The molecular formula is C17H16F3N3O2S. The van der Waals surface area contributed by atoms with Gasteiger partial charge < -0.3 is 11.1 Å². The van der Waals surface area contributed by atoms with Crippen molar-refractivity contribution in [3.63, 3.8) is 0 Å². The van der Waals surface area contributed by atoms with Crippen LogP contribution in [0.25, 0.3) is 0 Å². The quantitative estimate of drug-likeness (QED) is 0.692. The summed E-state index contributed by atoms with van der Waals surface area (Å²) in [4.78, 5) is 23.1. The van der Waals surface area contributed by atoms with Gasteiger partial charge in [0, 0.05) is 12.1 Å². The smallest absolute Gasteiger partial charge is 0.366 e. The number of nitrogens with two attached hydrogens (primary N) is 1. The molecular weight excluding hydrogens is 367 g/mol. The van der Waals surface area contributed by atoms with Crippen LogP contribution in [0.1, 0.15) is 21.5 Å². The van der Waals surface area contributed by atoms with E-state index < -0.39 is 23.7 Å². The molecule has 5 nitrogen and oxygen atoms in total. The molecule has 0 atom stereocenters. The monoisotopic (exact) mass is 383 g/mol. The molecule has 26 heavy (non-hydrogen) atoms. The van der Waals surface area contributed by atoms with Gasteiger partial charge in [0.1, 0.15) is 0 Å². The fourth-order valence-electron chi connectivity index (χ4n) is 2.13. The lowest BCUT2D eigenvalue weighted by Crippen LogP contribution is -2.35. The molecule has 0 saturated heterocycles. The number of thiol groups is 1. The maximum atomic E-state index is 12.5. The van der Waals surface area contributed by atoms with Crippen LogP contribution < -0.4 is 15.4 Å². The molecule has 2 rings (SSSR count). The Labute approximate surface area is 153 Å². The fraction of sp³-hybridized carbons (Fsp3) is 0.176. The van der Waals surface area contributed by atoms with E-state index in [1.165, 1.54) is 36.4 Å². The van der Waals surface area contributed by atoms with Gasteiger partial charge in [-0.05, 0) is 48.4 Å². The molecule has 0 aliphatic heterocycles. The SMILES string of the molecule is NC(=O)c1ccc(N(S)C(=O)NCCc2ccc(C(F)(F)F)cc2)cc1. The second-order valence-corrected chi connectivity index (χ2v) is 5.80. The van der Waals surface area contributed by atoms with Gasteiger partial charge in [0.2, 0.25) is 5.91 Å². The predicted molar refractivity (Wildman–Crippen MR) is 95.0 cm³/mol. The second kappa shape index (κ2) is 8.13. The Balaban J connectivity index is 1.87. The Hall–Kier alpha value is -2.68. The largest absolute Gasteiger partial charge is 0.416 e. The van der Waals surface area contributed by atoms with Gasteiger partial charge in [0.25, 0.3) is 0 Å². The van der Waals surface area contributed by atoms with Gasteiger partial charge in [-0.15, -0.1) is 0 Å². The van der Waals surface area contributed by atoms with E-state index in [1.54, 1.807) is 0 Å². The number of hydrogen-bond acceptors (Lipinski definition) is 3. The lowest BCUT2D eigenvalue weighted by molar-refractivity contribution is -0.137. The summed E-state index contributed by atoms with van der Waals surface area (Å²) in [5, 5.41) is 2.61. The molecule has 0 fully saturated rings. The Bertz CT molecular complexity index is 777. The topological polar surface area (TPSA) is 75.4 Å². The molecule has 2 aromatic rings. The average molecular weight is 383 g/mol. The average Bonchev–Trinajstić information content (AvgIpc) is 2.60. The third kappa shape index (κ3) is 5.16. The molecule has 0 unspecified atom stereocenters. The summed E-state index contributed by atoms with van der Waals surface area (Å²) in [5.41, 5.74) is 5.83. The molecule has 2 aromatic carbocycles. The van der Waals surface area contributed by atoms with Gasteiger partial charge in [-0.25, -0.2) is 9.10 Å². The molecule has 138 valence electrons. The van der Waals surface area contributed by atoms with E-state index in [9.17, 15) is 22.8 Å². The van der Waals surface area contributed by atoms with Crippen LogP contribution in [-0.2, 0) is 12.6 Å². The Kier molecular flexibility index (Phi) is 6.14. The number of urea groups is 1. The van der Waals surface area contributed by atoms with Crippen molar-refractivity contribution in [3.8, 4) is 0 Å². The summed E-state index contributed by atoms with van der Waals surface area (Å²) >= 11 is 4.09. The summed E-state index contributed by atoms with van der Waals surface area (Å²) in [6.07, 6.45) is -4.00. The third-order valence-electron chi connectivity index (χ3n) is 3.56. The molecule has 0 aromatic heterocycles. The van der Waals surface area contributed by atoms with Crippen molar-refractivity contribution < 1.29 is 22.8 Å². The van der Waals surface area contributed by atoms with E-state index in [2.05, 4.69) is 18.1 Å². The van der Waals surface area contributed by atoms with Crippen LogP contribution in [0.3, 0.4) is 0 Å². The number of nitrogens with zero attached hydrogens (tertiary/aromatic N) is 1. The molecule has 0 heterocycles. The normalized spacial score (nSPS) is 11.1. The highest BCUT2D eigenvalue weighted by molar-refractivity contribution is 7.82. The van der Waals surface area contributed by atoms with E-state index in [-0.39, 0.29) is 6.54 Å². The number of anilines is 1. The fourth-order valence-corrected chi connectivity index (χ4v) is 2.34. The number of carbonyl (C=O) groups excluding carboxylic acids is 2. The number of carbonyl (C=O) groups is 2. The van der Waals surface area contributed by atoms with Crippen LogP contribution in [0, 0.1) is 0 Å². The highest BCUT2D eigenvalue weighted by Crippen LogP contribution is 2.29. The van der Waals surface area contributed by atoms with E-state index in [0.29, 0.717) is 23.2 Å². The summed E-state index contributed by atoms with van der Waals surface area (Å²) in [7, 11) is 0. The number of primary amides is 1.